The first-order valence-corrected chi connectivity index (χ1v) is 10.5. The summed E-state index contributed by atoms with van der Waals surface area (Å²) in [5.74, 6) is -0.352. The Hall–Kier alpha value is -2.92. The van der Waals surface area contributed by atoms with Crippen molar-refractivity contribution in [3.05, 3.63) is 83.9 Å². The lowest BCUT2D eigenvalue weighted by Gasteiger charge is -2.56. The lowest BCUT2D eigenvalue weighted by atomic mass is 9.78. The van der Waals surface area contributed by atoms with Crippen molar-refractivity contribution in [3.63, 3.8) is 0 Å². The third-order valence-electron chi connectivity index (χ3n) is 5.64. The van der Waals surface area contributed by atoms with Crippen LogP contribution in [0.5, 0.6) is 0 Å². The van der Waals surface area contributed by atoms with Gasteiger partial charge in [0.25, 0.3) is 0 Å². The van der Waals surface area contributed by atoms with Crippen LogP contribution < -0.4 is 0 Å². The van der Waals surface area contributed by atoms with Gasteiger partial charge in [-0.2, -0.15) is 0 Å². The third kappa shape index (κ3) is 5.16. The van der Waals surface area contributed by atoms with Gasteiger partial charge in [0.1, 0.15) is 12.6 Å². The molecule has 0 amide bonds. The molecule has 3 atom stereocenters. The first-order chi connectivity index (χ1) is 14.6. The van der Waals surface area contributed by atoms with Crippen LogP contribution in [0.15, 0.2) is 72.8 Å². The predicted molar refractivity (Wildman–Crippen MR) is 116 cm³/mol. The molecule has 1 aliphatic heterocycles. The summed E-state index contributed by atoms with van der Waals surface area (Å²) in [4.78, 5) is 24.5. The molecule has 5 heteroatoms. The molecule has 30 heavy (non-hydrogen) atoms. The number of likely N-dealkylation sites (tertiary alicyclic amines) is 1. The van der Waals surface area contributed by atoms with Crippen molar-refractivity contribution in [2.75, 3.05) is 26.3 Å². The summed E-state index contributed by atoms with van der Waals surface area (Å²) in [5, 5.41) is 0. The molecule has 3 rings (SSSR count). The summed E-state index contributed by atoms with van der Waals surface area (Å²) >= 11 is 0. The smallest absolute Gasteiger partial charge is 0.361 e. The van der Waals surface area contributed by atoms with Gasteiger partial charge in [0, 0.05) is 11.6 Å². The van der Waals surface area contributed by atoms with Crippen LogP contribution in [0.25, 0.3) is 0 Å². The van der Waals surface area contributed by atoms with Crippen LogP contribution in [0.1, 0.15) is 30.9 Å². The number of carbonyl (C=O) groups excluding carboxylic acids is 2. The summed E-state index contributed by atoms with van der Waals surface area (Å²) in [6.45, 7) is 6.07. The standard InChI is InChI=1S/C25H30NO4/c1-3-29-24(27)16-15-23-22(21-13-9-6-10-14-21)18-26(23,19-25(28)30-4-2)17-20-11-7-5-8-12-20/h5-16,22-23H,3-4,17-19H2,1-2H3/q+1/b16-15+/t22-,23-,26?/m0/s1. The maximum atomic E-state index is 12.5. The Morgan fingerprint density at radius 1 is 0.967 bits per heavy atom. The zero-order chi connectivity index (χ0) is 21.4. The Morgan fingerprint density at radius 3 is 2.23 bits per heavy atom. The van der Waals surface area contributed by atoms with E-state index >= 15 is 0 Å². The second-order valence-electron chi connectivity index (χ2n) is 7.63. The highest BCUT2D eigenvalue weighted by molar-refractivity contribution is 5.82. The van der Waals surface area contributed by atoms with Crippen LogP contribution in [0.4, 0.5) is 0 Å². The summed E-state index contributed by atoms with van der Waals surface area (Å²) < 4.78 is 10.9. The van der Waals surface area contributed by atoms with E-state index in [4.69, 9.17) is 9.47 Å². The summed E-state index contributed by atoms with van der Waals surface area (Å²) in [6.07, 6.45) is 3.42. The zero-order valence-corrected chi connectivity index (χ0v) is 17.7. The molecule has 5 nitrogen and oxygen atoms in total. The number of nitrogens with zero attached hydrogens (tertiary/aromatic N) is 1. The van der Waals surface area contributed by atoms with E-state index in [-0.39, 0.29) is 30.4 Å². The minimum Gasteiger partial charge on any atom is -0.463 e. The van der Waals surface area contributed by atoms with Crippen LogP contribution in [0, 0.1) is 0 Å². The number of rotatable bonds is 9. The molecule has 1 heterocycles. The lowest BCUT2D eigenvalue weighted by Crippen LogP contribution is -2.69. The molecule has 0 aromatic heterocycles. The highest BCUT2D eigenvalue weighted by Crippen LogP contribution is 2.43. The minimum atomic E-state index is -0.356. The van der Waals surface area contributed by atoms with E-state index in [1.54, 1.807) is 6.92 Å². The summed E-state index contributed by atoms with van der Waals surface area (Å²) in [5.41, 5.74) is 2.37. The first-order valence-electron chi connectivity index (χ1n) is 10.5. The average Bonchev–Trinajstić information content (AvgIpc) is 2.73. The molecule has 1 fully saturated rings. The van der Waals surface area contributed by atoms with Crippen LogP contribution in [-0.2, 0) is 25.6 Å². The molecule has 0 bridgehead atoms. The molecule has 1 saturated heterocycles. The van der Waals surface area contributed by atoms with Gasteiger partial charge in [-0.3, -0.25) is 0 Å². The number of benzene rings is 2. The SMILES string of the molecule is CCOC(=O)/C=C/[C@H]1[C@H](c2ccccc2)C[N+]1(CC(=O)OCC)Cc1ccccc1. The van der Waals surface area contributed by atoms with E-state index in [1.807, 2.05) is 49.4 Å². The van der Waals surface area contributed by atoms with Gasteiger partial charge in [0.15, 0.2) is 6.54 Å². The van der Waals surface area contributed by atoms with Crippen molar-refractivity contribution in [2.45, 2.75) is 32.4 Å². The molecule has 2 aromatic rings. The van der Waals surface area contributed by atoms with Gasteiger partial charge in [-0.25, -0.2) is 9.59 Å². The van der Waals surface area contributed by atoms with E-state index in [0.717, 1.165) is 12.1 Å². The Kier molecular flexibility index (Phi) is 7.41. The van der Waals surface area contributed by atoms with Crippen molar-refractivity contribution in [1.82, 2.24) is 0 Å². The second kappa shape index (κ2) is 10.2. The number of hydrogen-bond acceptors (Lipinski definition) is 4. The van der Waals surface area contributed by atoms with Crippen LogP contribution >= 0.6 is 0 Å². The van der Waals surface area contributed by atoms with Crippen molar-refractivity contribution in [1.29, 1.82) is 0 Å². The molecule has 1 aliphatic rings. The normalized spacial score (nSPS) is 23.0. The number of hydrogen-bond donors (Lipinski definition) is 0. The Labute approximate surface area is 178 Å². The number of quaternary nitrogens is 1. The molecular formula is C25H30NO4+. The minimum absolute atomic E-state index is 0.0265. The van der Waals surface area contributed by atoms with E-state index in [0.29, 0.717) is 24.2 Å². The van der Waals surface area contributed by atoms with Crippen LogP contribution in [0.2, 0.25) is 0 Å². The van der Waals surface area contributed by atoms with Gasteiger partial charge >= 0.3 is 11.9 Å². The van der Waals surface area contributed by atoms with Crippen molar-refractivity contribution in [3.8, 4) is 0 Å². The monoisotopic (exact) mass is 408 g/mol. The van der Waals surface area contributed by atoms with Gasteiger partial charge in [0.2, 0.25) is 0 Å². The topological polar surface area (TPSA) is 52.6 Å². The molecular weight excluding hydrogens is 378 g/mol. The molecule has 2 aromatic carbocycles. The first kappa shape index (κ1) is 21.8. The molecule has 1 unspecified atom stereocenters. The fraction of sp³-hybridized carbons (Fsp3) is 0.360. The van der Waals surface area contributed by atoms with Gasteiger partial charge in [-0.1, -0.05) is 60.7 Å². The molecule has 0 spiro atoms. The number of ether oxygens (including phenoxy) is 2. The van der Waals surface area contributed by atoms with E-state index in [1.165, 1.54) is 11.6 Å². The highest BCUT2D eigenvalue weighted by atomic mass is 16.5. The molecule has 0 radical (unpaired) electrons. The number of carbonyl (C=O) groups is 2. The van der Waals surface area contributed by atoms with Gasteiger partial charge in [-0.15, -0.1) is 0 Å². The second-order valence-corrected chi connectivity index (χ2v) is 7.63. The van der Waals surface area contributed by atoms with Gasteiger partial charge in [0.05, 0.1) is 25.7 Å². The van der Waals surface area contributed by atoms with Crippen molar-refractivity contribution in [2.24, 2.45) is 0 Å². The van der Waals surface area contributed by atoms with E-state index < -0.39 is 0 Å². The summed E-state index contributed by atoms with van der Waals surface area (Å²) in [6, 6.07) is 20.4. The molecule has 0 saturated carbocycles. The van der Waals surface area contributed by atoms with Crippen LogP contribution in [-0.4, -0.2) is 48.8 Å². The predicted octanol–water partition coefficient (Wildman–Crippen LogP) is 3.85. The quantitative estimate of drug-likeness (QED) is 0.359. The number of esters is 2. The fourth-order valence-electron chi connectivity index (χ4n) is 4.36. The molecule has 158 valence electrons. The van der Waals surface area contributed by atoms with Crippen molar-refractivity contribution < 1.29 is 23.5 Å². The van der Waals surface area contributed by atoms with E-state index in [9.17, 15) is 9.59 Å². The molecule has 0 N–H and O–H groups in total. The Morgan fingerprint density at radius 2 is 1.60 bits per heavy atom. The average molecular weight is 409 g/mol. The third-order valence-corrected chi connectivity index (χ3v) is 5.64. The lowest BCUT2D eigenvalue weighted by molar-refractivity contribution is -0.992. The maximum Gasteiger partial charge on any atom is 0.361 e. The fourth-order valence-corrected chi connectivity index (χ4v) is 4.36. The zero-order valence-electron chi connectivity index (χ0n) is 17.7. The van der Waals surface area contributed by atoms with Crippen LogP contribution in [0.3, 0.4) is 0 Å². The molecule has 0 aliphatic carbocycles. The maximum absolute atomic E-state index is 12.5. The Balaban J connectivity index is 1.94. The van der Waals surface area contributed by atoms with Gasteiger partial charge < -0.3 is 14.0 Å². The largest absolute Gasteiger partial charge is 0.463 e. The van der Waals surface area contributed by atoms with E-state index in [2.05, 4.69) is 24.3 Å². The van der Waals surface area contributed by atoms with Gasteiger partial charge in [-0.05, 0) is 25.5 Å². The highest BCUT2D eigenvalue weighted by Gasteiger charge is 2.54. The summed E-state index contributed by atoms with van der Waals surface area (Å²) in [7, 11) is 0. The Bertz CT molecular complexity index is 865. The van der Waals surface area contributed by atoms with Crippen molar-refractivity contribution >= 4 is 11.9 Å².